The molecule has 0 aromatic heterocycles. The smallest absolute Gasteiger partial charge is 0.251 e. The van der Waals surface area contributed by atoms with Gasteiger partial charge >= 0.3 is 0 Å². The lowest BCUT2D eigenvalue weighted by atomic mass is 10.1. The first-order valence-corrected chi connectivity index (χ1v) is 9.80. The lowest BCUT2D eigenvalue weighted by Gasteiger charge is -2.37. The summed E-state index contributed by atoms with van der Waals surface area (Å²) in [6.45, 7) is 4.30. The number of carbonyl (C=O) groups is 1. The third-order valence-corrected chi connectivity index (χ3v) is 5.10. The summed E-state index contributed by atoms with van der Waals surface area (Å²) in [4.78, 5) is 20.7. The summed E-state index contributed by atoms with van der Waals surface area (Å²) in [5.41, 5.74) is 2.95. The Bertz CT molecular complexity index is 843. The van der Waals surface area contributed by atoms with Gasteiger partial charge in [0, 0.05) is 64.1 Å². The van der Waals surface area contributed by atoms with Crippen LogP contribution in [0.4, 0.5) is 5.69 Å². The minimum atomic E-state index is -0.0748. The molecule has 0 spiro atoms. The number of guanidine groups is 1. The van der Waals surface area contributed by atoms with Crippen molar-refractivity contribution in [3.63, 3.8) is 0 Å². The van der Waals surface area contributed by atoms with E-state index in [-0.39, 0.29) is 5.91 Å². The van der Waals surface area contributed by atoms with Crippen molar-refractivity contribution in [2.45, 2.75) is 6.54 Å². The summed E-state index contributed by atoms with van der Waals surface area (Å²) < 4.78 is 5.33. The number of anilines is 1. The standard InChI is InChI=1S/C22H29N5O2/c1-23-21(28)18-9-7-17(8-10-18)16-25-22(24-2)27-13-11-26(12-14-27)19-5-4-6-20(15-19)29-3/h4-10,15H,11-14,16H2,1-3H3,(H,23,28)(H,24,25). The van der Waals surface area contributed by atoms with Gasteiger partial charge in [-0.25, -0.2) is 0 Å². The minimum Gasteiger partial charge on any atom is -0.497 e. The van der Waals surface area contributed by atoms with Crippen molar-refractivity contribution in [3.8, 4) is 5.75 Å². The van der Waals surface area contributed by atoms with E-state index in [2.05, 4.69) is 37.6 Å². The summed E-state index contributed by atoms with van der Waals surface area (Å²) >= 11 is 0. The summed E-state index contributed by atoms with van der Waals surface area (Å²) in [7, 11) is 5.14. The molecule has 1 heterocycles. The van der Waals surface area contributed by atoms with Gasteiger partial charge in [-0.05, 0) is 29.8 Å². The van der Waals surface area contributed by atoms with Crippen LogP contribution in [0.3, 0.4) is 0 Å². The maximum Gasteiger partial charge on any atom is 0.251 e. The van der Waals surface area contributed by atoms with Crippen molar-refractivity contribution in [3.05, 3.63) is 59.7 Å². The molecule has 1 fully saturated rings. The van der Waals surface area contributed by atoms with E-state index < -0.39 is 0 Å². The zero-order valence-electron chi connectivity index (χ0n) is 17.3. The molecule has 2 N–H and O–H groups in total. The Hall–Kier alpha value is -3.22. The van der Waals surface area contributed by atoms with Crippen LogP contribution in [0.5, 0.6) is 5.75 Å². The molecular weight excluding hydrogens is 366 g/mol. The van der Waals surface area contributed by atoms with Gasteiger partial charge in [0.05, 0.1) is 7.11 Å². The summed E-state index contributed by atoms with van der Waals surface area (Å²) in [6, 6.07) is 15.8. The van der Waals surface area contributed by atoms with Gasteiger partial charge in [-0.1, -0.05) is 18.2 Å². The Morgan fingerprint density at radius 2 is 1.83 bits per heavy atom. The Balaban J connectivity index is 1.53. The number of hydrogen-bond donors (Lipinski definition) is 2. The van der Waals surface area contributed by atoms with Crippen LogP contribution >= 0.6 is 0 Å². The monoisotopic (exact) mass is 395 g/mol. The van der Waals surface area contributed by atoms with Crippen LogP contribution in [0.25, 0.3) is 0 Å². The molecule has 3 rings (SSSR count). The molecular formula is C22H29N5O2. The molecule has 1 saturated heterocycles. The van der Waals surface area contributed by atoms with Gasteiger partial charge in [-0.2, -0.15) is 0 Å². The third-order valence-electron chi connectivity index (χ3n) is 5.10. The summed E-state index contributed by atoms with van der Waals surface area (Å²) in [6.07, 6.45) is 0. The lowest BCUT2D eigenvalue weighted by Crippen LogP contribution is -2.52. The average Bonchev–Trinajstić information content (AvgIpc) is 2.79. The van der Waals surface area contributed by atoms with Crippen LogP contribution in [0.15, 0.2) is 53.5 Å². The van der Waals surface area contributed by atoms with Gasteiger partial charge in [0.2, 0.25) is 0 Å². The SMILES string of the molecule is CN=C(NCc1ccc(C(=O)NC)cc1)N1CCN(c2cccc(OC)c2)CC1. The molecule has 1 aliphatic heterocycles. The van der Waals surface area contributed by atoms with Gasteiger partial charge in [0.1, 0.15) is 5.75 Å². The normalized spacial score (nSPS) is 14.5. The molecule has 29 heavy (non-hydrogen) atoms. The van der Waals surface area contributed by atoms with Gasteiger partial charge in [0.15, 0.2) is 5.96 Å². The fourth-order valence-electron chi connectivity index (χ4n) is 3.42. The number of nitrogens with zero attached hydrogens (tertiary/aromatic N) is 3. The minimum absolute atomic E-state index is 0.0748. The maximum atomic E-state index is 11.6. The van der Waals surface area contributed by atoms with E-state index in [9.17, 15) is 4.79 Å². The van der Waals surface area contributed by atoms with Crippen molar-refractivity contribution in [2.24, 2.45) is 4.99 Å². The second-order valence-electron chi connectivity index (χ2n) is 6.85. The molecule has 7 nitrogen and oxygen atoms in total. The number of methoxy groups -OCH3 is 1. The predicted octanol–water partition coefficient (Wildman–Crippen LogP) is 1.95. The summed E-state index contributed by atoms with van der Waals surface area (Å²) in [5.74, 6) is 1.70. The number of nitrogens with one attached hydrogen (secondary N) is 2. The Morgan fingerprint density at radius 3 is 2.45 bits per heavy atom. The number of hydrogen-bond acceptors (Lipinski definition) is 4. The van der Waals surface area contributed by atoms with E-state index in [0.29, 0.717) is 12.1 Å². The summed E-state index contributed by atoms with van der Waals surface area (Å²) in [5, 5.41) is 6.06. The number of carbonyl (C=O) groups excluding carboxylic acids is 1. The number of benzene rings is 2. The number of piperazine rings is 1. The molecule has 0 unspecified atom stereocenters. The number of ether oxygens (including phenoxy) is 1. The first-order valence-electron chi connectivity index (χ1n) is 9.80. The number of aliphatic imine (C=N–C) groups is 1. The molecule has 7 heteroatoms. The van der Waals surface area contributed by atoms with Crippen molar-refractivity contribution in [2.75, 3.05) is 52.3 Å². The highest BCUT2D eigenvalue weighted by atomic mass is 16.5. The maximum absolute atomic E-state index is 11.6. The second kappa shape index (κ2) is 9.82. The van der Waals surface area contributed by atoms with Crippen molar-refractivity contribution < 1.29 is 9.53 Å². The first kappa shape index (κ1) is 20.5. The number of rotatable bonds is 5. The number of amides is 1. The molecule has 0 bridgehead atoms. The highest BCUT2D eigenvalue weighted by Crippen LogP contribution is 2.22. The van der Waals surface area contributed by atoms with Crippen LogP contribution in [0.1, 0.15) is 15.9 Å². The van der Waals surface area contributed by atoms with Gasteiger partial charge in [-0.3, -0.25) is 9.79 Å². The molecule has 0 saturated carbocycles. The van der Waals surface area contributed by atoms with Crippen molar-refractivity contribution in [1.82, 2.24) is 15.5 Å². The van der Waals surface area contributed by atoms with Gasteiger partial charge in [0.25, 0.3) is 5.91 Å². The van der Waals surface area contributed by atoms with Crippen LogP contribution < -0.4 is 20.3 Å². The first-order chi connectivity index (χ1) is 14.1. The average molecular weight is 396 g/mol. The van der Waals surface area contributed by atoms with E-state index in [1.165, 1.54) is 5.69 Å². The Labute approximate surface area is 172 Å². The van der Waals surface area contributed by atoms with Crippen LogP contribution in [0, 0.1) is 0 Å². The molecule has 0 aliphatic carbocycles. The molecule has 2 aromatic carbocycles. The van der Waals surface area contributed by atoms with Crippen LogP contribution in [-0.2, 0) is 6.54 Å². The van der Waals surface area contributed by atoms with Crippen molar-refractivity contribution in [1.29, 1.82) is 0 Å². The van der Waals surface area contributed by atoms with Gasteiger partial charge in [-0.15, -0.1) is 0 Å². The molecule has 1 aliphatic rings. The second-order valence-corrected chi connectivity index (χ2v) is 6.85. The molecule has 0 atom stereocenters. The van der Waals surface area contributed by atoms with E-state index in [1.807, 2.05) is 43.4 Å². The molecule has 154 valence electrons. The Morgan fingerprint density at radius 1 is 1.10 bits per heavy atom. The Kier molecular flexibility index (Phi) is 6.94. The molecule has 2 aromatic rings. The highest BCUT2D eigenvalue weighted by Gasteiger charge is 2.20. The van der Waals surface area contributed by atoms with E-state index in [0.717, 1.165) is 43.5 Å². The van der Waals surface area contributed by atoms with E-state index in [4.69, 9.17) is 4.74 Å². The lowest BCUT2D eigenvalue weighted by molar-refractivity contribution is 0.0963. The van der Waals surface area contributed by atoms with E-state index in [1.54, 1.807) is 14.2 Å². The largest absolute Gasteiger partial charge is 0.497 e. The van der Waals surface area contributed by atoms with Crippen LogP contribution in [0.2, 0.25) is 0 Å². The topological polar surface area (TPSA) is 69.2 Å². The van der Waals surface area contributed by atoms with Crippen molar-refractivity contribution >= 4 is 17.6 Å². The third kappa shape index (κ3) is 5.19. The fraction of sp³-hybridized carbons (Fsp3) is 0.364. The van der Waals surface area contributed by atoms with Crippen LogP contribution in [-0.4, -0.2) is 64.2 Å². The molecule has 1 amide bonds. The zero-order chi connectivity index (χ0) is 20.6. The quantitative estimate of drug-likeness (QED) is 0.598. The van der Waals surface area contributed by atoms with Gasteiger partial charge < -0.3 is 25.2 Å². The predicted molar refractivity (Wildman–Crippen MR) is 117 cm³/mol. The highest BCUT2D eigenvalue weighted by molar-refractivity contribution is 5.93. The zero-order valence-corrected chi connectivity index (χ0v) is 17.3. The fourth-order valence-corrected chi connectivity index (χ4v) is 3.42. The van der Waals surface area contributed by atoms with E-state index >= 15 is 0 Å². The molecule has 0 radical (unpaired) electrons.